The minimum Gasteiger partial charge on any atom is -0.379 e. The number of aryl methyl sites for hydroxylation is 1. The topological polar surface area (TPSA) is 73.9 Å². The Hall–Kier alpha value is -2.73. The second kappa shape index (κ2) is 8.52. The molecule has 6 nitrogen and oxygen atoms in total. The third-order valence-electron chi connectivity index (χ3n) is 5.30. The van der Waals surface area contributed by atoms with Crippen LogP contribution in [0.25, 0.3) is 10.9 Å². The van der Waals surface area contributed by atoms with Crippen LogP contribution in [0.2, 0.25) is 0 Å². The number of rotatable bonds is 5. The molecule has 6 heteroatoms. The van der Waals surface area contributed by atoms with Crippen LogP contribution >= 0.6 is 0 Å². The number of hydrogen-bond donors (Lipinski definition) is 2. The Morgan fingerprint density at radius 3 is 2.68 bits per heavy atom. The van der Waals surface area contributed by atoms with Crippen molar-refractivity contribution in [3.63, 3.8) is 0 Å². The van der Waals surface area contributed by atoms with Gasteiger partial charge in [-0.2, -0.15) is 0 Å². The van der Waals surface area contributed by atoms with E-state index in [2.05, 4.69) is 37.3 Å². The molecule has 28 heavy (non-hydrogen) atoms. The van der Waals surface area contributed by atoms with E-state index in [4.69, 9.17) is 0 Å². The fraction of sp³-hybridized carbons (Fsp3) is 0.409. The number of likely N-dealkylation sites (tertiary alicyclic amines) is 1. The molecule has 1 fully saturated rings. The Balaban J connectivity index is 1.43. The van der Waals surface area contributed by atoms with E-state index >= 15 is 0 Å². The van der Waals surface area contributed by atoms with E-state index in [-0.39, 0.29) is 5.56 Å². The van der Waals surface area contributed by atoms with Crippen LogP contribution in [0.1, 0.15) is 42.8 Å². The highest BCUT2D eigenvalue weighted by atomic mass is 16.1. The maximum absolute atomic E-state index is 12.3. The molecule has 146 valence electrons. The van der Waals surface area contributed by atoms with E-state index in [1.165, 1.54) is 44.3 Å². The number of nitrogens with zero attached hydrogens (tertiary/aromatic N) is 3. The number of fused-ring (bicyclic) bond motifs is 1. The zero-order valence-electron chi connectivity index (χ0n) is 16.4. The van der Waals surface area contributed by atoms with E-state index in [1.807, 2.05) is 24.4 Å². The molecule has 2 aromatic heterocycles. The number of anilines is 1. The van der Waals surface area contributed by atoms with Gasteiger partial charge in [-0.15, -0.1) is 0 Å². The van der Waals surface area contributed by atoms with Gasteiger partial charge in [0.15, 0.2) is 0 Å². The second-order valence-electron chi connectivity index (χ2n) is 7.55. The van der Waals surface area contributed by atoms with Gasteiger partial charge in [-0.1, -0.05) is 25.0 Å². The Kier molecular flexibility index (Phi) is 5.67. The largest absolute Gasteiger partial charge is 0.379 e. The quantitative estimate of drug-likeness (QED) is 0.710. The number of aromatic amines is 1. The molecule has 1 aliphatic heterocycles. The van der Waals surface area contributed by atoms with Gasteiger partial charge in [0.25, 0.3) is 5.56 Å². The summed E-state index contributed by atoms with van der Waals surface area (Å²) in [5.74, 6) is 0.622. The third kappa shape index (κ3) is 4.39. The van der Waals surface area contributed by atoms with Crippen LogP contribution < -0.4 is 10.9 Å². The summed E-state index contributed by atoms with van der Waals surface area (Å²) in [7, 11) is 0. The molecule has 0 unspecified atom stereocenters. The third-order valence-corrected chi connectivity index (χ3v) is 5.30. The smallest absolute Gasteiger partial charge is 0.260 e. The molecule has 4 rings (SSSR count). The van der Waals surface area contributed by atoms with Crippen molar-refractivity contribution < 1.29 is 0 Å². The second-order valence-corrected chi connectivity index (χ2v) is 7.55. The van der Waals surface area contributed by atoms with Crippen molar-refractivity contribution in [2.45, 2.75) is 45.7 Å². The Morgan fingerprint density at radius 1 is 1.11 bits per heavy atom. The maximum Gasteiger partial charge on any atom is 0.260 e. The number of benzene rings is 1. The first kappa shape index (κ1) is 18.6. The number of H-pyrrole nitrogens is 1. The summed E-state index contributed by atoms with van der Waals surface area (Å²) in [6.07, 6.45) is 7.28. The van der Waals surface area contributed by atoms with Crippen LogP contribution in [-0.2, 0) is 13.1 Å². The standard InChI is InChI=1S/C22H27N5O/c1-16-25-20-8-6-7-19(21(20)22(28)26-16)24-14-18-10-9-17(13-23-18)15-27-11-4-2-3-5-12-27/h6-10,13,24H,2-5,11-12,14-15H2,1H3,(H,25,26,28). The molecule has 3 aromatic rings. The molecule has 0 saturated carbocycles. The molecule has 1 aliphatic rings. The lowest BCUT2D eigenvalue weighted by atomic mass is 10.2. The number of hydrogen-bond acceptors (Lipinski definition) is 5. The summed E-state index contributed by atoms with van der Waals surface area (Å²) in [6, 6.07) is 9.91. The van der Waals surface area contributed by atoms with Crippen molar-refractivity contribution >= 4 is 16.6 Å². The normalized spacial score (nSPS) is 15.5. The first-order valence-electron chi connectivity index (χ1n) is 10.1. The predicted octanol–water partition coefficient (Wildman–Crippen LogP) is 3.61. The van der Waals surface area contributed by atoms with Gasteiger partial charge in [0.1, 0.15) is 5.82 Å². The van der Waals surface area contributed by atoms with Crippen LogP contribution in [0.4, 0.5) is 5.69 Å². The highest BCUT2D eigenvalue weighted by molar-refractivity contribution is 5.90. The Bertz CT molecular complexity index is 988. The Morgan fingerprint density at radius 2 is 1.93 bits per heavy atom. The summed E-state index contributed by atoms with van der Waals surface area (Å²) in [5, 5.41) is 3.93. The maximum atomic E-state index is 12.3. The zero-order valence-corrected chi connectivity index (χ0v) is 16.4. The molecule has 0 aliphatic carbocycles. The van der Waals surface area contributed by atoms with E-state index in [1.54, 1.807) is 6.92 Å². The molecule has 1 aromatic carbocycles. The molecular weight excluding hydrogens is 350 g/mol. The predicted molar refractivity (Wildman–Crippen MR) is 112 cm³/mol. The van der Waals surface area contributed by atoms with Gasteiger partial charge in [0.05, 0.1) is 23.1 Å². The van der Waals surface area contributed by atoms with Crippen LogP contribution in [0.15, 0.2) is 41.3 Å². The molecule has 0 radical (unpaired) electrons. The van der Waals surface area contributed by atoms with Crippen molar-refractivity contribution in [1.82, 2.24) is 19.9 Å². The van der Waals surface area contributed by atoms with E-state index in [9.17, 15) is 4.79 Å². The fourth-order valence-corrected chi connectivity index (χ4v) is 3.85. The van der Waals surface area contributed by atoms with Gasteiger partial charge in [-0.05, 0) is 56.6 Å². The van der Waals surface area contributed by atoms with Gasteiger partial charge in [0, 0.05) is 18.4 Å². The van der Waals surface area contributed by atoms with Crippen molar-refractivity contribution in [3.8, 4) is 0 Å². The number of nitrogens with one attached hydrogen (secondary N) is 2. The first-order valence-corrected chi connectivity index (χ1v) is 10.1. The van der Waals surface area contributed by atoms with Crippen LogP contribution in [-0.4, -0.2) is 32.9 Å². The van der Waals surface area contributed by atoms with Crippen LogP contribution in [0, 0.1) is 6.92 Å². The van der Waals surface area contributed by atoms with Crippen molar-refractivity contribution in [2.75, 3.05) is 18.4 Å². The summed E-state index contributed by atoms with van der Waals surface area (Å²) in [6.45, 7) is 5.71. The zero-order chi connectivity index (χ0) is 19.3. The Labute approximate surface area is 165 Å². The lowest BCUT2D eigenvalue weighted by Gasteiger charge is -2.19. The summed E-state index contributed by atoms with van der Waals surface area (Å²) in [4.78, 5) is 26.7. The van der Waals surface area contributed by atoms with Crippen molar-refractivity contribution in [3.05, 3.63) is 64.0 Å². The van der Waals surface area contributed by atoms with Gasteiger partial charge < -0.3 is 10.3 Å². The van der Waals surface area contributed by atoms with Crippen LogP contribution in [0.5, 0.6) is 0 Å². The average Bonchev–Trinajstić information content (AvgIpc) is 2.95. The monoisotopic (exact) mass is 377 g/mol. The number of aromatic nitrogens is 3. The highest BCUT2D eigenvalue weighted by Crippen LogP contribution is 2.19. The molecule has 0 spiro atoms. The van der Waals surface area contributed by atoms with Gasteiger partial charge >= 0.3 is 0 Å². The van der Waals surface area contributed by atoms with E-state index in [0.717, 1.165) is 17.9 Å². The molecule has 2 N–H and O–H groups in total. The number of pyridine rings is 1. The van der Waals surface area contributed by atoms with E-state index in [0.29, 0.717) is 23.3 Å². The molecule has 0 bridgehead atoms. The average molecular weight is 377 g/mol. The lowest BCUT2D eigenvalue weighted by molar-refractivity contribution is 0.276. The molecule has 0 amide bonds. The first-order chi connectivity index (χ1) is 13.7. The minimum absolute atomic E-state index is 0.119. The van der Waals surface area contributed by atoms with Gasteiger partial charge in [0.2, 0.25) is 0 Å². The van der Waals surface area contributed by atoms with E-state index < -0.39 is 0 Å². The summed E-state index contributed by atoms with van der Waals surface area (Å²) >= 11 is 0. The van der Waals surface area contributed by atoms with Gasteiger partial charge in [-0.25, -0.2) is 4.98 Å². The fourth-order valence-electron chi connectivity index (χ4n) is 3.85. The molecule has 0 atom stereocenters. The minimum atomic E-state index is -0.119. The van der Waals surface area contributed by atoms with Crippen LogP contribution in [0.3, 0.4) is 0 Å². The SMILES string of the molecule is Cc1nc2cccc(NCc3ccc(CN4CCCCCC4)cn3)c2c(=O)[nH]1. The summed E-state index contributed by atoms with van der Waals surface area (Å²) < 4.78 is 0. The summed E-state index contributed by atoms with van der Waals surface area (Å²) in [5.41, 5.74) is 3.57. The lowest BCUT2D eigenvalue weighted by Crippen LogP contribution is -2.24. The molecule has 1 saturated heterocycles. The van der Waals surface area contributed by atoms with Crippen molar-refractivity contribution in [1.29, 1.82) is 0 Å². The van der Waals surface area contributed by atoms with Crippen molar-refractivity contribution in [2.24, 2.45) is 0 Å². The van der Waals surface area contributed by atoms with Gasteiger partial charge in [-0.3, -0.25) is 14.7 Å². The molecule has 3 heterocycles. The highest BCUT2D eigenvalue weighted by Gasteiger charge is 2.10. The molecular formula is C22H27N5O.